The summed E-state index contributed by atoms with van der Waals surface area (Å²) >= 11 is 6.21. The van der Waals surface area contributed by atoms with Crippen LogP contribution in [0.25, 0.3) is 5.57 Å². The molecule has 8 heteroatoms. The number of hydrogen-bond donors (Lipinski definition) is 1. The van der Waals surface area contributed by atoms with Crippen molar-refractivity contribution in [2.45, 2.75) is 19.9 Å². The van der Waals surface area contributed by atoms with Gasteiger partial charge in [0.15, 0.2) is 3.95 Å². The van der Waals surface area contributed by atoms with Crippen molar-refractivity contribution in [2.75, 3.05) is 0 Å². The van der Waals surface area contributed by atoms with Gasteiger partial charge in [-0.1, -0.05) is 32.0 Å². The standard InChI is InChI=1S/C16H14N2O4S2/c1-7(2)11(15(21)22)18-14(20)12(24-16(18)23)10-8-5-3-4-6-9(8)17-13(10)19/h3-7,11,20H,1-2H3,(H,21,22)/p-1/t11-/m0/s1. The fourth-order valence-electron chi connectivity index (χ4n) is 2.74. The summed E-state index contributed by atoms with van der Waals surface area (Å²) in [5.74, 6) is -2.52. The maximum Gasteiger partial charge on any atom is 0.279 e. The monoisotopic (exact) mass is 361 g/mol. The zero-order valence-electron chi connectivity index (χ0n) is 12.8. The van der Waals surface area contributed by atoms with Gasteiger partial charge in [-0.15, -0.1) is 11.3 Å². The molecule has 0 radical (unpaired) electrons. The van der Waals surface area contributed by atoms with Crippen LogP contribution in [0.1, 0.15) is 24.8 Å². The number of nitrogens with zero attached hydrogens (tertiary/aromatic N) is 2. The Morgan fingerprint density at radius 1 is 1.38 bits per heavy atom. The molecular weight excluding hydrogens is 348 g/mol. The Bertz CT molecular complexity index is 1030. The van der Waals surface area contributed by atoms with E-state index < -0.39 is 17.9 Å². The van der Waals surface area contributed by atoms with Gasteiger partial charge in [0.2, 0.25) is 5.88 Å². The molecule has 0 unspecified atom stereocenters. The number of amides is 1. The van der Waals surface area contributed by atoms with Crippen LogP contribution in [0.4, 0.5) is 0 Å². The number of aliphatic carboxylic acids is 1. The van der Waals surface area contributed by atoms with Crippen LogP contribution in [-0.2, 0) is 9.59 Å². The maximum atomic E-state index is 12.3. The fraction of sp³-hybridized carbons (Fsp3) is 0.250. The molecule has 2 aromatic rings. The molecule has 0 fully saturated rings. The summed E-state index contributed by atoms with van der Waals surface area (Å²) in [5.41, 5.74) is 0.235. The van der Waals surface area contributed by atoms with E-state index in [9.17, 15) is 19.8 Å². The van der Waals surface area contributed by atoms with Crippen molar-refractivity contribution < 1.29 is 19.8 Å². The second-order valence-corrected chi connectivity index (χ2v) is 7.35. The van der Waals surface area contributed by atoms with Crippen molar-refractivity contribution in [3.05, 3.63) is 43.7 Å². The van der Waals surface area contributed by atoms with Gasteiger partial charge in [-0.25, -0.2) is 4.99 Å². The first-order valence-electron chi connectivity index (χ1n) is 7.21. The molecule has 1 aliphatic rings. The van der Waals surface area contributed by atoms with E-state index in [1.807, 2.05) is 0 Å². The minimum absolute atomic E-state index is 0.162. The van der Waals surface area contributed by atoms with Crippen LogP contribution in [0.2, 0.25) is 0 Å². The molecule has 1 aromatic heterocycles. The molecule has 1 aromatic carbocycles. The van der Waals surface area contributed by atoms with Gasteiger partial charge in [0.1, 0.15) is 4.88 Å². The topological polar surface area (TPSA) is 94.7 Å². The Hall–Kier alpha value is -2.32. The Balaban J connectivity index is 2.30. The first-order valence-corrected chi connectivity index (χ1v) is 8.43. The normalized spacial score (nSPS) is 14.6. The summed E-state index contributed by atoms with van der Waals surface area (Å²) in [6.45, 7) is 3.38. The molecule has 0 saturated carbocycles. The molecule has 1 N–H and O–H groups in total. The van der Waals surface area contributed by atoms with Crippen molar-refractivity contribution >= 4 is 41.0 Å². The quantitative estimate of drug-likeness (QED) is 0.790. The third-order valence-corrected chi connectivity index (χ3v) is 5.21. The first kappa shape index (κ1) is 16.5. The molecule has 0 spiro atoms. The predicted molar refractivity (Wildman–Crippen MR) is 88.4 cm³/mol. The number of hydrogen-bond acceptors (Lipinski definition) is 6. The first-order chi connectivity index (χ1) is 11.3. The maximum absolute atomic E-state index is 12.3. The molecule has 3 rings (SSSR count). The van der Waals surface area contributed by atoms with Crippen molar-refractivity contribution in [3.63, 3.8) is 0 Å². The number of fused-ring (bicyclic) bond motifs is 1. The second kappa shape index (κ2) is 5.95. The Morgan fingerprint density at radius 2 is 2.04 bits per heavy atom. The van der Waals surface area contributed by atoms with Crippen LogP contribution in [0, 0.1) is 9.87 Å². The van der Waals surface area contributed by atoms with Crippen LogP contribution in [0.5, 0.6) is 5.88 Å². The lowest BCUT2D eigenvalue weighted by Crippen LogP contribution is -2.36. The number of rotatable bonds is 4. The van der Waals surface area contributed by atoms with E-state index in [-0.39, 0.29) is 26.2 Å². The van der Waals surface area contributed by atoms with Crippen molar-refractivity contribution in [3.8, 4) is 5.88 Å². The largest absolute Gasteiger partial charge is 0.548 e. The summed E-state index contributed by atoms with van der Waals surface area (Å²) < 4.78 is 1.30. The van der Waals surface area contributed by atoms with Crippen LogP contribution in [0.3, 0.4) is 0 Å². The average Bonchev–Trinajstić information content (AvgIpc) is 2.97. The zero-order chi connectivity index (χ0) is 17.6. The predicted octanol–water partition coefficient (Wildman–Crippen LogP) is 0.290. The van der Waals surface area contributed by atoms with Crippen LogP contribution >= 0.6 is 23.6 Å². The highest BCUT2D eigenvalue weighted by molar-refractivity contribution is 7.73. The number of benzene rings is 1. The third-order valence-electron chi connectivity index (χ3n) is 3.80. The van der Waals surface area contributed by atoms with E-state index in [0.29, 0.717) is 10.6 Å². The van der Waals surface area contributed by atoms with E-state index in [2.05, 4.69) is 4.99 Å². The number of aromatic hydroxyl groups is 1. The van der Waals surface area contributed by atoms with Crippen molar-refractivity contribution in [1.82, 2.24) is 4.57 Å². The van der Waals surface area contributed by atoms with Gasteiger partial charge in [-0.2, -0.15) is 0 Å². The summed E-state index contributed by atoms with van der Waals surface area (Å²) in [6.07, 6.45) is 0. The van der Waals surface area contributed by atoms with Gasteiger partial charge in [0.05, 0.1) is 22.9 Å². The minimum Gasteiger partial charge on any atom is -0.548 e. The number of carboxylic acids is 1. The van der Waals surface area contributed by atoms with Crippen LogP contribution in [-0.4, -0.2) is 21.6 Å². The highest BCUT2D eigenvalue weighted by Gasteiger charge is 2.29. The average molecular weight is 361 g/mol. The number of aromatic nitrogens is 1. The lowest BCUT2D eigenvalue weighted by molar-refractivity contribution is -0.311. The summed E-state index contributed by atoms with van der Waals surface area (Å²) in [6, 6.07) is 5.83. The Labute approximate surface area is 146 Å². The number of carbonyl (C=O) groups is 2. The van der Waals surface area contributed by atoms with Crippen molar-refractivity contribution in [2.24, 2.45) is 10.9 Å². The van der Waals surface area contributed by atoms with Crippen molar-refractivity contribution in [1.29, 1.82) is 0 Å². The molecule has 1 amide bonds. The molecule has 0 aliphatic carbocycles. The van der Waals surface area contributed by atoms with Gasteiger partial charge in [0.25, 0.3) is 5.91 Å². The fourth-order valence-corrected chi connectivity index (χ4v) is 4.16. The highest BCUT2D eigenvalue weighted by Crippen LogP contribution is 2.36. The number of carboxylic acid groups (broad SMARTS) is 1. The second-order valence-electron chi connectivity index (χ2n) is 5.71. The molecule has 24 heavy (non-hydrogen) atoms. The molecular formula is C16H13N2O4S2-. The number of carbonyl (C=O) groups excluding carboxylic acids is 2. The molecule has 2 heterocycles. The Kier molecular flexibility index (Phi) is 4.10. The molecule has 0 bridgehead atoms. The van der Waals surface area contributed by atoms with Gasteiger partial charge in [0, 0.05) is 5.22 Å². The van der Waals surface area contributed by atoms with E-state index in [0.717, 1.165) is 15.9 Å². The van der Waals surface area contributed by atoms with Crippen LogP contribution in [0.15, 0.2) is 29.3 Å². The van der Waals surface area contributed by atoms with Gasteiger partial charge < -0.3 is 15.0 Å². The summed E-state index contributed by atoms with van der Waals surface area (Å²) in [5, 5.41) is 23.2. The molecule has 0 saturated heterocycles. The minimum atomic E-state index is -1.34. The summed E-state index contributed by atoms with van der Waals surface area (Å²) in [4.78, 5) is 27.9. The Morgan fingerprint density at radius 3 is 2.67 bits per heavy atom. The zero-order valence-corrected chi connectivity index (χ0v) is 14.5. The van der Waals surface area contributed by atoms with E-state index in [4.69, 9.17) is 12.2 Å². The molecule has 6 nitrogen and oxygen atoms in total. The number of para-hydroxylation sites is 1. The highest BCUT2D eigenvalue weighted by atomic mass is 32.1. The van der Waals surface area contributed by atoms with Gasteiger partial charge >= 0.3 is 0 Å². The lowest BCUT2D eigenvalue weighted by atomic mass is 10.0. The molecule has 1 aliphatic heterocycles. The van der Waals surface area contributed by atoms with E-state index >= 15 is 0 Å². The lowest BCUT2D eigenvalue weighted by Gasteiger charge is -2.24. The smallest absolute Gasteiger partial charge is 0.279 e. The van der Waals surface area contributed by atoms with Gasteiger partial charge in [-0.05, 0) is 24.2 Å². The number of thiazole rings is 1. The SMILES string of the molecule is CC(C)[C@@H](C(=O)[O-])n1c(O)c(C2=c3ccccc3=NC2=O)sc1=S. The third kappa shape index (κ3) is 2.47. The van der Waals surface area contributed by atoms with E-state index in [1.54, 1.807) is 38.1 Å². The van der Waals surface area contributed by atoms with Crippen LogP contribution < -0.4 is 15.7 Å². The van der Waals surface area contributed by atoms with Gasteiger partial charge in [-0.3, -0.25) is 9.36 Å². The molecule has 124 valence electrons. The van der Waals surface area contributed by atoms with E-state index in [1.165, 1.54) is 0 Å². The summed E-state index contributed by atoms with van der Waals surface area (Å²) in [7, 11) is 0. The molecule has 1 atom stereocenters.